The van der Waals surface area contributed by atoms with Crippen LogP contribution < -0.4 is 14.8 Å². The van der Waals surface area contributed by atoms with E-state index < -0.39 is 0 Å². The Kier molecular flexibility index (Phi) is 4.12. The summed E-state index contributed by atoms with van der Waals surface area (Å²) in [5.74, 6) is 2.21. The molecule has 152 valence electrons. The van der Waals surface area contributed by atoms with Gasteiger partial charge in [-0.15, -0.1) is 15.3 Å². The van der Waals surface area contributed by atoms with Crippen LogP contribution in [0, 0.1) is 6.92 Å². The second-order valence-corrected chi connectivity index (χ2v) is 7.04. The minimum absolute atomic E-state index is 0.0965. The monoisotopic (exact) mass is 405 g/mol. The summed E-state index contributed by atoms with van der Waals surface area (Å²) in [4.78, 5) is 12.6. The molecule has 0 spiro atoms. The third-order valence-electron chi connectivity index (χ3n) is 5.24. The van der Waals surface area contributed by atoms with E-state index in [1.807, 2.05) is 25.1 Å². The number of benzene rings is 1. The maximum atomic E-state index is 12.6. The van der Waals surface area contributed by atoms with Crippen LogP contribution in [-0.2, 0) is 4.79 Å². The van der Waals surface area contributed by atoms with Crippen LogP contribution in [-0.4, -0.2) is 49.7 Å². The zero-order valence-corrected chi connectivity index (χ0v) is 16.7. The van der Waals surface area contributed by atoms with Gasteiger partial charge < -0.3 is 14.8 Å². The third kappa shape index (κ3) is 2.84. The van der Waals surface area contributed by atoms with E-state index in [4.69, 9.17) is 9.47 Å². The first-order valence-corrected chi connectivity index (χ1v) is 9.37. The molecular weight excluding hydrogens is 386 g/mol. The summed E-state index contributed by atoms with van der Waals surface area (Å²) >= 11 is 0. The molecule has 1 aromatic carbocycles. The molecule has 1 amide bonds. The van der Waals surface area contributed by atoms with Crippen molar-refractivity contribution < 1.29 is 14.3 Å². The molecule has 0 aliphatic carbocycles. The molecule has 0 unspecified atom stereocenters. The fourth-order valence-electron chi connectivity index (χ4n) is 3.86. The molecule has 10 nitrogen and oxygen atoms in total. The molecule has 0 saturated carbocycles. The average Bonchev–Trinajstić information content (AvgIpc) is 3.36. The van der Waals surface area contributed by atoms with Crippen LogP contribution >= 0.6 is 0 Å². The van der Waals surface area contributed by atoms with Crippen LogP contribution in [0.2, 0.25) is 0 Å². The highest BCUT2D eigenvalue weighted by Crippen LogP contribution is 2.41. The van der Waals surface area contributed by atoms with Crippen LogP contribution in [0.4, 0.5) is 5.82 Å². The van der Waals surface area contributed by atoms with E-state index in [0.29, 0.717) is 35.2 Å². The lowest BCUT2D eigenvalue weighted by Gasteiger charge is -2.25. The molecule has 3 aromatic heterocycles. The molecule has 1 atom stereocenters. The Morgan fingerprint density at radius 2 is 1.87 bits per heavy atom. The number of ether oxygens (including phenoxy) is 2. The summed E-state index contributed by atoms with van der Waals surface area (Å²) in [7, 11) is 3.21. The van der Waals surface area contributed by atoms with Crippen molar-refractivity contribution >= 4 is 17.4 Å². The fourth-order valence-corrected chi connectivity index (χ4v) is 3.86. The van der Waals surface area contributed by atoms with Gasteiger partial charge in [0.05, 0.1) is 19.9 Å². The van der Waals surface area contributed by atoms with Gasteiger partial charge in [-0.1, -0.05) is 0 Å². The Morgan fingerprint density at radius 3 is 2.60 bits per heavy atom. The number of fused-ring (bicyclic) bond motifs is 2. The van der Waals surface area contributed by atoms with Crippen LogP contribution in [0.15, 0.2) is 36.7 Å². The summed E-state index contributed by atoms with van der Waals surface area (Å²) in [5, 5.41) is 20.0. The standard InChI is InChI=1S/C20H19N7O3/c1-11-19-15(12-6-13(29-2)8-14(7-12)30-3)9-18(28)22-20(19)27(24-11)17-5-4-16-23-21-10-26(16)25-17/h4-8,10,15H,9H2,1-3H3,(H,22,28)/t15-/m0/s1. The number of carbonyl (C=O) groups is 1. The molecule has 4 aromatic rings. The predicted molar refractivity (Wildman–Crippen MR) is 107 cm³/mol. The molecule has 30 heavy (non-hydrogen) atoms. The number of nitrogens with zero attached hydrogens (tertiary/aromatic N) is 6. The number of anilines is 1. The number of aryl methyl sites for hydroxylation is 1. The number of carbonyl (C=O) groups excluding carboxylic acids is 1. The average molecular weight is 405 g/mol. The second kappa shape index (κ2) is 6.83. The van der Waals surface area contributed by atoms with E-state index in [1.54, 1.807) is 35.5 Å². The Labute approximate surface area is 171 Å². The quantitative estimate of drug-likeness (QED) is 0.554. The summed E-state index contributed by atoms with van der Waals surface area (Å²) in [6.07, 6.45) is 1.82. The van der Waals surface area contributed by atoms with E-state index >= 15 is 0 Å². The minimum Gasteiger partial charge on any atom is -0.497 e. The number of hydrogen-bond donors (Lipinski definition) is 1. The largest absolute Gasteiger partial charge is 0.497 e. The van der Waals surface area contributed by atoms with Crippen molar-refractivity contribution in [2.24, 2.45) is 0 Å². The van der Waals surface area contributed by atoms with Crippen molar-refractivity contribution in [3.63, 3.8) is 0 Å². The van der Waals surface area contributed by atoms with Crippen molar-refractivity contribution in [3.8, 4) is 17.3 Å². The van der Waals surface area contributed by atoms with Crippen molar-refractivity contribution in [3.05, 3.63) is 53.5 Å². The number of rotatable bonds is 4. The van der Waals surface area contributed by atoms with Gasteiger partial charge in [-0.2, -0.15) is 14.3 Å². The van der Waals surface area contributed by atoms with Gasteiger partial charge >= 0.3 is 0 Å². The van der Waals surface area contributed by atoms with Crippen molar-refractivity contribution in [1.29, 1.82) is 0 Å². The van der Waals surface area contributed by atoms with E-state index in [-0.39, 0.29) is 11.8 Å². The van der Waals surface area contributed by atoms with E-state index in [9.17, 15) is 4.79 Å². The van der Waals surface area contributed by atoms with Gasteiger partial charge in [0.25, 0.3) is 0 Å². The molecule has 0 bridgehead atoms. The van der Waals surface area contributed by atoms with E-state index in [0.717, 1.165) is 16.8 Å². The fraction of sp³-hybridized carbons (Fsp3) is 0.250. The highest BCUT2D eigenvalue weighted by Gasteiger charge is 2.33. The highest BCUT2D eigenvalue weighted by atomic mass is 16.5. The van der Waals surface area contributed by atoms with E-state index in [1.165, 1.54) is 6.33 Å². The van der Waals surface area contributed by atoms with Gasteiger partial charge in [0.2, 0.25) is 5.91 Å². The Bertz CT molecular complexity index is 1250. The lowest BCUT2D eigenvalue weighted by Crippen LogP contribution is -2.25. The van der Waals surface area contributed by atoms with Gasteiger partial charge in [0.15, 0.2) is 11.5 Å². The zero-order valence-electron chi connectivity index (χ0n) is 16.7. The number of hydrogen-bond acceptors (Lipinski definition) is 7. The first-order chi connectivity index (χ1) is 14.6. The molecule has 5 rings (SSSR count). The lowest BCUT2D eigenvalue weighted by atomic mass is 9.85. The summed E-state index contributed by atoms with van der Waals surface area (Å²) in [5.41, 5.74) is 3.30. The van der Waals surface area contributed by atoms with Crippen LogP contribution in [0.1, 0.15) is 29.2 Å². The Hall–Kier alpha value is -3.95. The number of methoxy groups -OCH3 is 2. The first kappa shape index (κ1) is 18.1. The topological polar surface area (TPSA) is 108 Å². The lowest BCUT2D eigenvalue weighted by molar-refractivity contribution is -0.116. The number of amides is 1. The van der Waals surface area contributed by atoms with Crippen molar-refractivity contribution in [2.45, 2.75) is 19.3 Å². The van der Waals surface area contributed by atoms with Crippen LogP contribution in [0.25, 0.3) is 11.5 Å². The molecule has 1 aliphatic rings. The number of nitrogens with one attached hydrogen (secondary N) is 1. The van der Waals surface area contributed by atoms with Gasteiger partial charge in [-0.05, 0) is 36.8 Å². The maximum Gasteiger partial charge on any atom is 0.226 e. The SMILES string of the molecule is COc1cc(OC)cc([C@@H]2CC(=O)Nc3c2c(C)nn3-c2ccc3nncn3n2)c1. The normalized spacial score (nSPS) is 15.7. The first-order valence-electron chi connectivity index (χ1n) is 9.37. The highest BCUT2D eigenvalue weighted by molar-refractivity contribution is 5.95. The molecule has 1 N–H and O–H groups in total. The van der Waals surface area contributed by atoms with Crippen molar-refractivity contribution in [2.75, 3.05) is 19.5 Å². The molecule has 0 radical (unpaired) electrons. The summed E-state index contributed by atoms with van der Waals surface area (Å²) in [6, 6.07) is 9.25. The van der Waals surface area contributed by atoms with Gasteiger partial charge in [-0.3, -0.25) is 4.79 Å². The third-order valence-corrected chi connectivity index (χ3v) is 5.24. The predicted octanol–water partition coefficient (Wildman–Crippen LogP) is 2.11. The van der Waals surface area contributed by atoms with Gasteiger partial charge in [-0.25, -0.2) is 0 Å². The van der Waals surface area contributed by atoms with Crippen LogP contribution in [0.5, 0.6) is 11.5 Å². The summed E-state index contributed by atoms with van der Waals surface area (Å²) < 4.78 is 14.0. The molecule has 0 fully saturated rings. The maximum absolute atomic E-state index is 12.6. The Balaban J connectivity index is 1.66. The van der Waals surface area contributed by atoms with Gasteiger partial charge in [0.1, 0.15) is 23.6 Å². The zero-order chi connectivity index (χ0) is 20.8. The van der Waals surface area contributed by atoms with E-state index in [2.05, 4.69) is 25.7 Å². The molecule has 0 saturated heterocycles. The molecule has 1 aliphatic heterocycles. The molecule has 10 heteroatoms. The van der Waals surface area contributed by atoms with Crippen molar-refractivity contribution in [1.82, 2.24) is 29.6 Å². The minimum atomic E-state index is -0.190. The second-order valence-electron chi connectivity index (χ2n) is 7.04. The smallest absolute Gasteiger partial charge is 0.226 e. The Morgan fingerprint density at radius 1 is 1.10 bits per heavy atom. The van der Waals surface area contributed by atoms with Gasteiger partial charge in [0, 0.05) is 24.0 Å². The molecular formula is C20H19N7O3. The summed E-state index contributed by atoms with van der Waals surface area (Å²) in [6.45, 7) is 1.93. The number of aromatic nitrogens is 6. The van der Waals surface area contributed by atoms with Crippen LogP contribution in [0.3, 0.4) is 0 Å². The molecule has 4 heterocycles.